The van der Waals surface area contributed by atoms with Gasteiger partial charge in [0, 0.05) is 18.2 Å². The highest BCUT2D eigenvalue weighted by molar-refractivity contribution is 6.31. The molecular weight excluding hydrogens is 337 g/mol. The number of benzene rings is 1. The lowest BCUT2D eigenvalue weighted by Gasteiger charge is -2.15. The lowest BCUT2D eigenvalue weighted by atomic mass is 10.2. The van der Waals surface area contributed by atoms with Gasteiger partial charge in [0.2, 0.25) is 5.91 Å². The molecule has 4 N–H and O–H groups in total. The summed E-state index contributed by atoms with van der Waals surface area (Å²) in [6.07, 6.45) is 2.30. The van der Waals surface area contributed by atoms with Crippen molar-refractivity contribution in [2.75, 3.05) is 24.4 Å². The Kier molecular flexibility index (Phi) is 9.01. The molecule has 5 nitrogen and oxygen atoms in total. The van der Waals surface area contributed by atoms with E-state index in [-0.39, 0.29) is 37.3 Å². The van der Waals surface area contributed by atoms with Crippen molar-refractivity contribution in [2.45, 2.75) is 24.9 Å². The molecule has 0 saturated heterocycles. The Bertz CT molecular complexity index is 470. The van der Waals surface area contributed by atoms with Crippen LogP contribution < -0.4 is 16.4 Å². The van der Waals surface area contributed by atoms with E-state index >= 15 is 0 Å². The van der Waals surface area contributed by atoms with Crippen LogP contribution in [0.15, 0.2) is 18.2 Å². The van der Waals surface area contributed by atoms with Crippen LogP contribution in [0.4, 0.5) is 11.4 Å². The van der Waals surface area contributed by atoms with Gasteiger partial charge < -0.3 is 21.1 Å². The minimum atomic E-state index is -0.697. The predicted octanol–water partition coefficient (Wildman–Crippen LogP) is 2.67. The van der Waals surface area contributed by atoms with Crippen LogP contribution >= 0.6 is 36.4 Å². The summed E-state index contributed by atoms with van der Waals surface area (Å²) in [7, 11) is 1.51. The van der Waals surface area contributed by atoms with Gasteiger partial charge in [0.1, 0.15) is 6.04 Å². The zero-order chi connectivity index (χ0) is 13.8. The van der Waals surface area contributed by atoms with Crippen molar-refractivity contribution in [1.82, 2.24) is 0 Å². The molecule has 2 rings (SSSR count). The van der Waals surface area contributed by atoms with Gasteiger partial charge in [0.25, 0.3) is 0 Å². The molecule has 0 aromatic heterocycles. The minimum absolute atomic E-state index is 0. The van der Waals surface area contributed by atoms with Gasteiger partial charge in [-0.2, -0.15) is 0 Å². The maximum atomic E-state index is 11.9. The Morgan fingerprint density at radius 2 is 2.10 bits per heavy atom. The first-order valence-corrected chi connectivity index (χ1v) is 6.59. The average Bonchev–Trinajstić information content (AvgIpc) is 3.17. The number of rotatable bonds is 6. The van der Waals surface area contributed by atoms with Gasteiger partial charge in [-0.1, -0.05) is 11.6 Å². The highest BCUT2D eigenvalue weighted by Crippen LogP contribution is 2.31. The van der Waals surface area contributed by atoms with Gasteiger partial charge in [-0.3, -0.25) is 4.79 Å². The van der Waals surface area contributed by atoms with Crippen molar-refractivity contribution in [3.63, 3.8) is 0 Å². The Labute approximate surface area is 141 Å². The Balaban J connectivity index is 0.00000200. The molecule has 1 aromatic rings. The van der Waals surface area contributed by atoms with Crippen LogP contribution in [0.5, 0.6) is 0 Å². The number of ether oxygens (including phenoxy) is 1. The van der Waals surface area contributed by atoms with Gasteiger partial charge in [0.05, 0.1) is 18.0 Å². The van der Waals surface area contributed by atoms with Gasteiger partial charge in [0.15, 0.2) is 0 Å². The molecule has 1 unspecified atom stereocenters. The fourth-order valence-corrected chi connectivity index (χ4v) is 1.85. The van der Waals surface area contributed by atoms with Crippen LogP contribution in [0.1, 0.15) is 12.8 Å². The molecule has 0 bridgehead atoms. The lowest BCUT2D eigenvalue weighted by Crippen LogP contribution is -2.39. The van der Waals surface area contributed by atoms with E-state index in [1.165, 1.54) is 7.11 Å². The molecule has 21 heavy (non-hydrogen) atoms. The molecule has 1 aromatic carbocycles. The number of amides is 1. The number of halogens is 3. The molecule has 8 heteroatoms. The molecule has 0 radical (unpaired) electrons. The summed E-state index contributed by atoms with van der Waals surface area (Å²) in [4.78, 5) is 11.9. The predicted molar refractivity (Wildman–Crippen MR) is 91.1 cm³/mol. The summed E-state index contributed by atoms with van der Waals surface area (Å²) < 4.78 is 4.86. The van der Waals surface area contributed by atoms with E-state index in [0.29, 0.717) is 16.8 Å². The fourth-order valence-electron chi connectivity index (χ4n) is 1.67. The minimum Gasteiger partial charge on any atom is -0.383 e. The van der Waals surface area contributed by atoms with Crippen LogP contribution in [0.2, 0.25) is 5.02 Å². The fraction of sp³-hybridized carbons (Fsp3) is 0.462. The lowest BCUT2D eigenvalue weighted by molar-refractivity contribution is -0.118. The molecule has 0 aliphatic heterocycles. The summed E-state index contributed by atoms with van der Waals surface area (Å²) >= 11 is 5.96. The Hall–Kier alpha value is -0.720. The van der Waals surface area contributed by atoms with E-state index in [1.54, 1.807) is 12.1 Å². The SMILES string of the molecule is COCC(N)C(=O)Nc1cc(Cl)ccc1NC1CC1.Cl.Cl. The van der Waals surface area contributed by atoms with E-state index in [1.807, 2.05) is 6.07 Å². The third-order valence-corrected chi connectivity index (χ3v) is 3.09. The van der Waals surface area contributed by atoms with Crippen LogP contribution in [0, 0.1) is 0 Å². The zero-order valence-corrected chi connectivity index (χ0v) is 14.0. The van der Waals surface area contributed by atoms with Crippen LogP contribution in [-0.4, -0.2) is 31.7 Å². The molecule has 120 valence electrons. The van der Waals surface area contributed by atoms with Gasteiger partial charge >= 0.3 is 0 Å². The highest BCUT2D eigenvalue weighted by Gasteiger charge is 2.23. The van der Waals surface area contributed by atoms with Crippen LogP contribution in [-0.2, 0) is 9.53 Å². The number of hydrogen-bond donors (Lipinski definition) is 3. The van der Waals surface area contributed by atoms with Crippen molar-refractivity contribution in [3.8, 4) is 0 Å². The van der Waals surface area contributed by atoms with Crippen LogP contribution in [0.3, 0.4) is 0 Å². The maximum absolute atomic E-state index is 11.9. The second kappa shape index (κ2) is 9.33. The number of anilines is 2. The number of methoxy groups -OCH3 is 1. The van der Waals surface area contributed by atoms with Crippen molar-refractivity contribution < 1.29 is 9.53 Å². The maximum Gasteiger partial charge on any atom is 0.243 e. The van der Waals surface area contributed by atoms with E-state index in [0.717, 1.165) is 18.5 Å². The van der Waals surface area contributed by atoms with E-state index in [4.69, 9.17) is 22.1 Å². The number of nitrogens with one attached hydrogen (secondary N) is 2. The first-order valence-electron chi connectivity index (χ1n) is 6.21. The summed E-state index contributed by atoms with van der Waals surface area (Å²) in [5.41, 5.74) is 7.20. The van der Waals surface area contributed by atoms with Crippen molar-refractivity contribution in [3.05, 3.63) is 23.2 Å². The molecule has 1 fully saturated rings. The Morgan fingerprint density at radius 1 is 1.43 bits per heavy atom. The van der Waals surface area contributed by atoms with Gasteiger partial charge in [-0.15, -0.1) is 24.8 Å². The standard InChI is InChI=1S/C13H18ClN3O2.2ClH/c1-19-7-10(15)13(18)17-12-6-8(14)2-5-11(12)16-9-3-4-9;;/h2,5-6,9-10,16H,3-4,7,15H2,1H3,(H,17,18);2*1H. The topological polar surface area (TPSA) is 76.4 Å². The molecule has 0 spiro atoms. The molecule has 1 aliphatic rings. The summed E-state index contributed by atoms with van der Waals surface area (Å²) in [5.74, 6) is -0.289. The number of carbonyl (C=O) groups excluding carboxylic acids is 1. The van der Waals surface area contributed by atoms with E-state index < -0.39 is 6.04 Å². The van der Waals surface area contributed by atoms with Crippen molar-refractivity contribution in [2.24, 2.45) is 5.73 Å². The average molecular weight is 357 g/mol. The van der Waals surface area contributed by atoms with Crippen molar-refractivity contribution >= 4 is 53.7 Å². The summed E-state index contributed by atoms with van der Waals surface area (Å²) in [6, 6.07) is 5.15. The number of carbonyl (C=O) groups is 1. The first kappa shape index (κ1) is 20.3. The molecule has 1 atom stereocenters. The normalized spacial score (nSPS) is 14.4. The third kappa shape index (κ3) is 6.28. The number of nitrogens with two attached hydrogens (primary N) is 1. The second-order valence-corrected chi connectivity index (χ2v) is 5.10. The van der Waals surface area contributed by atoms with E-state index in [2.05, 4.69) is 10.6 Å². The third-order valence-electron chi connectivity index (χ3n) is 2.86. The highest BCUT2D eigenvalue weighted by atomic mass is 35.5. The largest absolute Gasteiger partial charge is 0.383 e. The van der Waals surface area contributed by atoms with Crippen LogP contribution in [0.25, 0.3) is 0 Å². The zero-order valence-electron chi connectivity index (χ0n) is 11.6. The quantitative estimate of drug-likeness (QED) is 0.732. The van der Waals surface area contributed by atoms with Crippen molar-refractivity contribution in [1.29, 1.82) is 0 Å². The van der Waals surface area contributed by atoms with Gasteiger partial charge in [-0.05, 0) is 31.0 Å². The smallest absolute Gasteiger partial charge is 0.243 e. The first-order chi connectivity index (χ1) is 9.10. The Morgan fingerprint density at radius 3 is 2.67 bits per heavy atom. The molecule has 1 saturated carbocycles. The van der Waals surface area contributed by atoms with Gasteiger partial charge in [-0.25, -0.2) is 0 Å². The summed E-state index contributed by atoms with van der Waals surface area (Å²) in [6.45, 7) is 0.178. The second-order valence-electron chi connectivity index (χ2n) is 4.66. The molecule has 1 aliphatic carbocycles. The summed E-state index contributed by atoms with van der Waals surface area (Å²) in [5, 5.41) is 6.69. The van der Waals surface area contributed by atoms with E-state index in [9.17, 15) is 4.79 Å². The monoisotopic (exact) mass is 355 g/mol. The molecule has 1 amide bonds. The molecule has 0 heterocycles. The molecular formula is C13H20Cl3N3O2. The number of hydrogen-bond acceptors (Lipinski definition) is 4.